The Hall–Kier alpha value is -3.19. The summed E-state index contributed by atoms with van der Waals surface area (Å²) in [6, 6.07) is 4.29. The van der Waals surface area contributed by atoms with Crippen LogP contribution in [0.5, 0.6) is 28.7 Å². The summed E-state index contributed by atoms with van der Waals surface area (Å²) in [6.45, 7) is 7.21. The first-order valence-electron chi connectivity index (χ1n) is 10.6. The molecule has 7 nitrogen and oxygen atoms in total. The fourth-order valence-corrected chi connectivity index (χ4v) is 4.16. The molecule has 2 atom stereocenters. The van der Waals surface area contributed by atoms with E-state index < -0.39 is 17.8 Å². The molecule has 2 aromatic carbocycles. The van der Waals surface area contributed by atoms with Gasteiger partial charge in [0.15, 0.2) is 17.3 Å². The summed E-state index contributed by atoms with van der Waals surface area (Å²) in [5.74, 6) is -0.324. The minimum atomic E-state index is -1.14. The van der Waals surface area contributed by atoms with E-state index in [-0.39, 0.29) is 47.2 Å². The molecule has 2 aliphatic heterocycles. The van der Waals surface area contributed by atoms with E-state index in [0.717, 1.165) is 5.57 Å². The van der Waals surface area contributed by atoms with Crippen LogP contribution >= 0.6 is 0 Å². The first-order valence-corrected chi connectivity index (χ1v) is 10.6. The lowest BCUT2D eigenvalue weighted by atomic mass is 9.88. The van der Waals surface area contributed by atoms with Gasteiger partial charge in [-0.3, -0.25) is 4.79 Å². The Balaban J connectivity index is 1.85. The molecular formula is C25H28O7. The highest BCUT2D eigenvalue weighted by Gasteiger charge is 2.42. The highest BCUT2D eigenvalue weighted by atomic mass is 16.5. The van der Waals surface area contributed by atoms with Crippen molar-refractivity contribution in [2.75, 3.05) is 0 Å². The average Bonchev–Trinajstić information content (AvgIpc) is 3.15. The van der Waals surface area contributed by atoms with Gasteiger partial charge in [-0.15, -0.1) is 0 Å². The second kappa shape index (κ2) is 7.74. The Kier molecular flexibility index (Phi) is 5.33. The Labute approximate surface area is 186 Å². The minimum Gasteiger partial charge on any atom is -0.507 e. The summed E-state index contributed by atoms with van der Waals surface area (Å²) in [4.78, 5) is 13.2. The summed E-state index contributed by atoms with van der Waals surface area (Å²) in [5, 5.41) is 41.0. The van der Waals surface area contributed by atoms with Crippen molar-refractivity contribution in [1.29, 1.82) is 0 Å². The monoisotopic (exact) mass is 440 g/mol. The second-order valence-corrected chi connectivity index (χ2v) is 9.27. The van der Waals surface area contributed by atoms with Crippen LogP contribution in [0.2, 0.25) is 0 Å². The molecule has 2 aliphatic rings. The molecular weight excluding hydrogens is 412 g/mol. The van der Waals surface area contributed by atoms with Gasteiger partial charge in [-0.1, -0.05) is 17.7 Å². The van der Waals surface area contributed by atoms with E-state index in [1.54, 1.807) is 19.9 Å². The van der Waals surface area contributed by atoms with Gasteiger partial charge in [0.2, 0.25) is 0 Å². The lowest BCUT2D eigenvalue weighted by Gasteiger charge is -2.29. The molecule has 0 saturated heterocycles. The SMILES string of the molecule is CC(C)=CCc1c2c(c(O)c3c1O[C@H](c1ccc(O)c(O)c1)CC3=O)CC(C(C)(C)O)O2. The number of Topliss-reactive ketones (excluding diaryl/α,β-unsaturated/α-hetero) is 1. The third-order valence-electron chi connectivity index (χ3n) is 6.00. The number of rotatable bonds is 4. The molecule has 0 aliphatic carbocycles. The number of benzene rings is 2. The zero-order valence-corrected chi connectivity index (χ0v) is 18.6. The number of phenolic OH excluding ortho intramolecular Hbond substituents is 3. The Bertz CT molecular complexity index is 1120. The number of aliphatic hydroxyl groups is 1. The second-order valence-electron chi connectivity index (χ2n) is 9.27. The van der Waals surface area contributed by atoms with Crippen molar-refractivity contribution < 1.29 is 34.7 Å². The average molecular weight is 440 g/mol. The number of ketones is 1. The summed E-state index contributed by atoms with van der Waals surface area (Å²) in [7, 11) is 0. The molecule has 2 aromatic rings. The molecule has 0 spiro atoms. The third kappa shape index (κ3) is 3.77. The molecule has 170 valence electrons. The number of allylic oxidation sites excluding steroid dienone is 2. The van der Waals surface area contributed by atoms with Crippen LogP contribution in [0.3, 0.4) is 0 Å². The first-order chi connectivity index (χ1) is 15.0. The van der Waals surface area contributed by atoms with E-state index in [2.05, 4.69) is 0 Å². The Morgan fingerprint density at radius 3 is 2.44 bits per heavy atom. The maximum Gasteiger partial charge on any atom is 0.174 e. The van der Waals surface area contributed by atoms with Crippen molar-refractivity contribution in [3.63, 3.8) is 0 Å². The maximum atomic E-state index is 13.2. The summed E-state index contributed by atoms with van der Waals surface area (Å²) < 4.78 is 12.3. The zero-order chi connectivity index (χ0) is 23.4. The topological polar surface area (TPSA) is 116 Å². The van der Waals surface area contributed by atoms with Gasteiger partial charge >= 0.3 is 0 Å². The molecule has 0 bridgehead atoms. The number of phenols is 3. The molecule has 2 heterocycles. The standard InChI is InChI=1S/C25H28O7/c1-12(2)5-7-14-23-15(10-20(32-23)25(3,4)30)22(29)21-18(28)11-19(31-24(14)21)13-6-8-16(26)17(27)9-13/h5-6,8-9,19-20,26-27,29-30H,7,10-11H2,1-4H3/t19-,20?/m0/s1. The van der Waals surface area contributed by atoms with Crippen LogP contribution in [0.4, 0.5) is 0 Å². The van der Waals surface area contributed by atoms with E-state index in [4.69, 9.17) is 9.47 Å². The molecule has 0 radical (unpaired) electrons. The number of carbonyl (C=O) groups excluding carboxylic acids is 1. The number of carbonyl (C=O) groups is 1. The van der Waals surface area contributed by atoms with Crippen LogP contribution in [0.15, 0.2) is 29.8 Å². The van der Waals surface area contributed by atoms with Crippen LogP contribution in [-0.2, 0) is 12.8 Å². The number of fused-ring (bicyclic) bond motifs is 2. The van der Waals surface area contributed by atoms with E-state index in [0.29, 0.717) is 28.9 Å². The Morgan fingerprint density at radius 2 is 1.81 bits per heavy atom. The molecule has 1 unspecified atom stereocenters. The summed E-state index contributed by atoms with van der Waals surface area (Å²) >= 11 is 0. The molecule has 0 aromatic heterocycles. The number of aromatic hydroxyl groups is 3. The summed E-state index contributed by atoms with van der Waals surface area (Å²) in [5.41, 5.74) is 1.73. The fourth-order valence-electron chi connectivity index (χ4n) is 4.16. The minimum absolute atomic E-state index is 0.0264. The van der Waals surface area contributed by atoms with Crippen molar-refractivity contribution in [2.45, 2.75) is 64.8 Å². The predicted octanol–water partition coefficient (Wildman–Crippen LogP) is 4.09. The number of ether oxygens (including phenoxy) is 2. The molecule has 4 N–H and O–H groups in total. The van der Waals surface area contributed by atoms with Crippen LogP contribution in [0.25, 0.3) is 0 Å². The van der Waals surface area contributed by atoms with Gasteiger partial charge < -0.3 is 29.9 Å². The molecule has 4 rings (SSSR count). The van der Waals surface area contributed by atoms with Gasteiger partial charge in [0.1, 0.15) is 35.0 Å². The third-order valence-corrected chi connectivity index (χ3v) is 6.00. The van der Waals surface area contributed by atoms with E-state index in [9.17, 15) is 25.2 Å². The van der Waals surface area contributed by atoms with Crippen LogP contribution in [-0.4, -0.2) is 37.9 Å². The number of hydrogen-bond donors (Lipinski definition) is 4. The van der Waals surface area contributed by atoms with Crippen molar-refractivity contribution in [2.24, 2.45) is 0 Å². The molecule has 0 saturated carbocycles. The molecule has 0 fully saturated rings. The highest BCUT2D eigenvalue weighted by Crippen LogP contribution is 2.52. The van der Waals surface area contributed by atoms with Crippen LogP contribution in [0.1, 0.15) is 67.3 Å². The van der Waals surface area contributed by atoms with Crippen molar-refractivity contribution in [1.82, 2.24) is 0 Å². The predicted molar refractivity (Wildman–Crippen MR) is 118 cm³/mol. The van der Waals surface area contributed by atoms with Crippen molar-refractivity contribution in [3.8, 4) is 28.7 Å². The normalized spacial score (nSPS) is 19.6. The lowest BCUT2D eigenvalue weighted by Crippen LogP contribution is -2.39. The van der Waals surface area contributed by atoms with Crippen LogP contribution < -0.4 is 9.47 Å². The van der Waals surface area contributed by atoms with Crippen molar-refractivity contribution >= 4 is 5.78 Å². The largest absolute Gasteiger partial charge is 0.507 e. The molecule has 0 amide bonds. The quantitative estimate of drug-likeness (QED) is 0.418. The van der Waals surface area contributed by atoms with E-state index in [1.165, 1.54) is 12.1 Å². The van der Waals surface area contributed by atoms with Gasteiger partial charge in [0.05, 0.1) is 12.0 Å². The van der Waals surface area contributed by atoms with Gasteiger partial charge in [-0.2, -0.15) is 0 Å². The fraction of sp³-hybridized carbons (Fsp3) is 0.400. The van der Waals surface area contributed by atoms with Crippen LogP contribution in [0, 0.1) is 0 Å². The zero-order valence-electron chi connectivity index (χ0n) is 18.6. The van der Waals surface area contributed by atoms with Crippen molar-refractivity contribution in [3.05, 3.63) is 52.1 Å². The summed E-state index contributed by atoms with van der Waals surface area (Å²) in [6.07, 6.45) is 1.39. The molecule has 32 heavy (non-hydrogen) atoms. The van der Waals surface area contributed by atoms with Gasteiger partial charge in [0, 0.05) is 17.5 Å². The first kappa shape index (κ1) is 22.0. The maximum absolute atomic E-state index is 13.2. The number of hydrogen-bond acceptors (Lipinski definition) is 7. The van der Waals surface area contributed by atoms with E-state index >= 15 is 0 Å². The highest BCUT2D eigenvalue weighted by molar-refractivity contribution is 6.04. The van der Waals surface area contributed by atoms with Gasteiger partial charge in [-0.25, -0.2) is 0 Å². The van der Waals surface area contributed by atoms with Gasteiger partial charge in [-0.05, 0) is 51.8 Å². The lowest BCUT2D eigenvalue weighted by molar-refractivity contribution is -0.0233. The van der Waals surface area contributed by atoms with E-state index in [1.807, 2.05) is 19.9 Å². The smallest absolute Gasteiger partial charge is 0.174 e. The molecule has 7 heteroatoms. The van der Waals surface area contributed by atoms with Gasteiger partial charge in [0.25, 0.3) is 0 Å². The Morgan fingerprint density at radius 1 is 1.09 bits per heavy atom.